The van der Waals surface area contributed by atoms with Gasteiger partial charge in [0.2, 0.25) is 0 Å². The normalized spacial score (nSPS) is 11.3. The van der Waals surface area contributed by atoms with Crippen LogP contribution in [0.5, 0.6) is 0 Å². The van der Waals surface area contributed by atoms with Crippen LogP contribution in [0.2, 0.25) is 0 Å². The van der Waals surface area contributed by atoms with E-state index in [-0.39, 0.29) is 27.3 Å². The Labute approximate surface area is 207 Å². The summed E-state index contributed by atoms with van der Waals surface area (Å²) in [7, 11) is 0. The predicted molar refractivity (Wildman–Crippen MR) is 139 cm³/mol. The standard InChI is InChI=1S/C25H24N6O3S/c1-15-19(6-5-7-22(15)31(33)34)23(32)27-24(35)26-17-10-13-20-21(14-17)29-30(28-20)18-11-8-16(9-12-18)25(2,3)4/h5-14H,1-4H3,(H2,26,27,32,35). The highest BCUT2D eigenvalue weighted by molar-refractivity contribution is 7.80. The van der Waals surface area contributed by atoms with Crippen LogP contribution in [-0.2, 0) is 5.41 Å². The highest BCUT2D eigenvalue weighted by Gasteiger charge is 2.19. The van der Waals surface area contributed by atoms with E-state index in [0.29, 0.717) is 16.7 Å². The molecule has 10 heteroatoms. The molecule has 0 fully saturated rings. The third-order valence-corrected chi connectivity index (χ3v) is 5.78. The lowest BCUT2D eigenvalue weighted by Gasteiger charge is -2.18. The van der Waals surface area contributed by atoms with Crippen LogP contribution in [0.4, 0.5) is 11.4 Å². The highest BCUT2D eigenvalue weighted by Crippen LogP contribution is 2.24. The average molecular weight is 489 g/mol. The first-order valence-electron chi connectivity index (χ1n) is 10.9. The second-order valence-corrected chi connectivity index (χ2v) is 9.51. The second-order valence-electron chi connectivity index (χ2n) is 9.10. The molecule has 0 atom stereocenters. The smallest absolute Gasteiger partial charge is 0.273 e. The minimum Gasteiger partial charge on any atom is -0.332 e. The van der Waals surface area contributed by atoms with E-state index in [1.54, 1.807) is 23.0 Å². The molecule has 0 aliphatic heterocycles. The van der Waals surface area contributed by atoms with E-state index >= 15 is 0 Å². The van der Waals surface area contributed by atoms with Gasteiger partial charge in [-0.3, -0.25) is 20.2 Å². The zero-order chi connectivity index (χ0) is 25.3. The number of carbonyl (C=O) groups is 1. The number of nitro benzene ring substituents is 1. The third kappa shape index (κ3) is 5.17. The Bertz CT molecular complexity index is 1450. The Kier molecular flexibility index (Phi) is 6.31. The molecule has 1 heterocycles. The number of nitro groups is 1. The molecule has 1 aromatic heterocycles. The van der Waals surface area contributed by atoms with Crippen molar-refractivity contribution in [3.8, 4) is 5.69 Å². The van der Waals surface area contributed by atoms with Gasteiger partial charge in [0, 0.05) is 22.9 Å². The van der Waals surface area contributed by atoms with E-state index in [2.05, 4.69) is 53.7 Å². The minimum atomic E-state index is -0.533. The summed E-state index contributed by atoms with van der Waals surface area (Å²) >= 11 is 5.27. The number of anilines is 1. The van der Waals surface area contributed by atoms with Gasteiger partial charge in [-0.25, -0.2) is 0 Å². The number of hydrogen-bond acceptors (Lipinski definition) is 6. The molecule has 3 aromatic carbocycles. The van der Waals surface area contributed by atoms with E-state index in [1.807, 2.05) is 12.1 Å². The first-order chi connectivity index (χ1) is 16.5. The summed E-state index contributed by atoms with van der Waals surface area (Å²) in [6, 6.07) is 17.8. The number of amides is 1. The number of fused-ring (bicyclic) bond motifs is 1. The number of benzene rings is 3. The number of aromatic nitrogens is 3. The number of carbonyl (C=O) groups excluding carboxylic acids is 1. The topological polar surface area (TPSA) is 115 Å². The Balaban J connectivity index is 1.48. The second kappa shape index (κ2) is 9.22. The maximum absolute atomic E-state index is 12.6. The Morgan fingerprint density at radius 1 is 1.03 bits per heavy atom. The van der Waals surface area contributed by atoms with Crippen LogP contribution in [0.3, 0.4) is 0 Å². The van der Waals surface area contributed by atoms with Gasteiger partial charge in [-0.05, 0) is 66.5 Å². The van der Waals surface area contributed by atoms with Gasteiger partial charge in [0.15, 0.2) is 5.11 Å². The van der Waals surface area contributed by atoms with Crippen LogP contribution < -0.4 is 10.6 Å². The predicted octanol–water partition coefficient (Wildman–Crippen LogP) is 5.06. The van der Waals surface area contributed by atoms with Crippen LogP contribution in [0, 0.1) is 17.0 Å². The van der Waals surface area contributed by atoms with Crippen molar-refractivity contribution in [2.45, 2.75) is 33.1 Å². The zero-order valence-electron chi connectivity index (χ0n) is 19.7. The summed E-state index contributed by atoms with van der Waals surface area (Å²) in [5.74, 6) is -0.533. The van der Waals surface area contributed by atoms with E-state index in [4.69, 9.17) is 12.2 Å². The lowest BCUT2D eigenvalue weighted by molar-refractivity contribution is -0.385. The summed E-state index contributed by atoms with van der Waals surface area (Å²) in [6.45, 7) is 8.01. The van der Waals surface area contributed by atoms with Gasteiger partial charge in [0.05, 0.1) is 10.6 Å². The van der Waals surface area contributed by atoms with Crippen LogP contribution in [0.1, 0.15) is 42.3 Å². The van der Waals surface area contributed by atoms with Crippen molar-refractivity contribution in [2.24, 2.45) is 0 Å². The third-order valence-electron chi connectivity index (χ3n) is 5.58. The molecule has 178 valence electrons. The molecule has 0 radical (unpaired) electrons. The largest absolute Gasteiger partial charge is 0.332 e. The average Bonchev–Trinajstić information content (AvgIpc) is 3.22. The molecule has 0 unspecified atom stereocenters. The fraction of sp³-hybridized carbons (Fsp3) is 0.200. The van der Waals surface area contributed by atoms with E-state index < -0.39 is 10.8 Å². The van der Waals surface area contributed by atoms with E-state index in [1.165, 1.54) is 30.7 Å². The van der Waals surface area contributed by atoms with Crippen LogP contribution in [-0.4, -0.2) is 30.9 Å². The molecule has 0 saturated heterocycles. The summed E-state index contributed by atoms with van der Waals surface area (Å²) in [6.07, 6.45) is 0. The van der Waals surface area contributed by atoms with E-state index in [0.717, 1.165) is 5.69 Å². The molecule has 35 heavy (non-hydrogen) atoms. The molecular formula is C25H24N6O3S. The maximum Gasteiger partial charge on any atom is 0.273 e. The molecule has 4 aromatic rings. The molecular weight excluding hydrogens is 464 g/mol. The summed E-state index contributed by atoms with van der Waals surface area (Å²) in [5, 5.41) is 25.8. The Hall–Kier alpha value is -4.18. The number of nitrogens with one attached hydrogen (secondary N) is 2. The monoisotopic (exact) mass is 488 g/mol. The van der Waals surface area contributed by atoms with Crippen molar-refractivity contribution in [3.05, 3.63) is 87.5 Å². The first-order valence-corrected chi connectivity index (χ1v) is 11.3. The number of thiocarbonyl (C=S) groups is 1. The van der Waals surface area contributed by atoms with Gasteiger partial charge < -0.3 is 5.32 Å². The fourth-order valence-electron chi connectivity index (χ4n) is 3.60. The first kappa shape index (κ1) is 24.0. The van der Waals surface area contributed by atoms with Crippen LogP contribution >= 0.6 is 12.2 Å². The Morgan fingerprint density at radius 3 is 2.37 bits per heavy atom. The number of rotatable bonds is 4. The van der Waals surface area contributed by atoms with Crippen molar-refractivity contribution in [3.63, 3.8) is 0 Å². The van der Waals surface area contributed by atoms with Gasteiger partial charge in [-0.1, -0.05) is 39.0 Å². The lowest BCUT2D eigenvalue weighted by Crippen LogP contribution is -2.34. The minimum absolute atomic E-state index is 0.0587. The maximum atomic E-state index is 12.6. The quantitative estimate of drug-likeness (QED) is 0.234. The molecule has 0 bridgehead atoms. The molecule has 0 spiro atoms. The highest BCUT2D eigenvalue weighted by atomic mass is 32.1. The van der Waals surface area contributed by atoms with Crippen molar-refractivity contribution >= 4 is 45.6 Å². The molecule has 2 N–H and O–H groups in total. The van der Waals surface area contributed by atoms with Crippen molar-refractivity contribution < 1.29 is 9.72 Å². The molecule has 0 aliphatic rings. The van der Waals surface area contributed by atoms with Gasteiger partial charge in [0.1, 0.15) is 11.0 Å². The summed E-state index contributed by atoms with van der Waals surface area (Å²) < 4.78 is 0. The van der Waals surface area contributed by atoms with Crippen LogP contribution in [0.25, 0.3) is 16.7 Å². The van der Waals surface area contributed by atoms with Gasteiger partial charge >= 0.3 is 0 Å². The van der Waals surface area contributed by atoms with Crippen molar-refractivity contribution in [2.75, 3.05) is 5.32 Å². The summed E-state index contributed by atoms with van der Waals surface area (Å²) in [5.41, 5.74) is 4.43. The van der Waals surface area contributed by atoms with Gasteiger partial charge in [-0.15, -0.1) is 10.2 Å². The van der Waals surface area contributed by atoms with Crippen molar-refractivity contribution in [1.29, 1.82) is 0 Å². The summed E-state index contributed by atoms with van der Waals surface area (Å²) in [4.78, 5) is 24.8. The van der Waals surface area contributed by atoms with Crippen molar-refractivity contribution in [1.82, 2.24) is 20.3 Å². The molecule has 9 nitrogen and oxygen atoms in total. The number of nitrogens with zero attached hydrogens (tertiary/aromatic N) is 4. The zero-order valence-corrected chi connectivity index (χ0v) is 20.5. The SMILES string of the molecule is Cc1c(C(=O)NC(=S)Nc2ccc3nn(-c4ccc(C(C)(C)C)cc4)nc3c2)cccc1[N+](=O)[O-]. The van der Waals surface area contributed by atoms with Crippen LogP contribution in [0.15, 0.2) is 60.7 Å². The van der Waals surface area contributed by atoms with E-state index in [9.17, 15) is 14.9 Å². The lowest BCUT2D eigenvalue weighted by atomic mass is 9.87. The Morgan fingerprint density at radius 2 is 1.71 bits per heavy atom. The number of hydrogen-bond donors (Lipinski definition) is 2. The molecule has 0 aliphatic carbocycles. The molecule has 1 amide bonds. The van der Waals surface area contributed by atoms with Gasteiger partial charge in [-0.2, -0.15) is 4.80 Å². The molecule has 4 rings (SSSR count). The fourth-order valence-corrected chi connectivity index (χ4v) is 3.81. The van der Waals surface area contributed by atoms with Gasteiger partial charge in [0.25, 0.3) is 11.6 Å². The molecule has 0 saturated carbocycles.